The molecule has 3 heterocycles. The lowest BCUT2D eigenvalue weighted by molar-refractivity contribution is -0.150. The van der Waals surface area contributed by atoms with Gasteiger partial charge in [-0.3, -0.25) is 14.5 Å². The second-order valence-electron chi connectivity index (χ2n) is 5.65. The number of hydrogen-bond donors (Lipinski definition) is 3. The Balaban J connectivity index is 1.81. The van der Waals surface area contributed by atoms with Crippen molar-refractivity contribution in [1.29, 1.82) is 0 Å². The summed E-state index contributed by atoms with van der Waals surface area (Å²) in [5.74, 6) is -2.54. The first kappa shape index (κ1) is 16.3. The fraction of sp³-hybridized carbons (Fsp3) is 0.400. The first-order valence-electron chi connectivity index (χ1n) is 9.21. The molecule has 0 spiro atoms. The molecule has 3 rings (SSSR count). The largest absolute Gasteiger partial charge is 0.477 e. The number of nitrogens with two attached hydrogens (primary N) is 1. The van der Waals surface area contributed by atoms with Gasteiger partial charge in [0.25, 0.3) is 11.8 Å². The van der Waals surface area contributed by atoms with Crippen molar-refractivity contribution in [3.8, 4) is 0 Å². The van der Waals surface area contributed by atoms with E-state index in [0.717, 1.165) is 16.2 Å². The Hall–Kier alpha value is -2.64. The van der Waals surface area contributed by atoms with Gasteiger partial charge < -0.3 is 25.7 Å². The number of hydrogen-bond acceptors (Lipinski definition) is 10. The number of rotatable bonds is 7. The summed E-state index contributed by atoms with van der Waals surface area (Å²) in [7, 11) is -1.49. The number of carboxylic acids is 1. The van der Waals surface area contributed by atoms with Crippen LogP contribution < -0.4 is 11.1 Å². The maximum atomic E-state index is 12.8. The maximum absolute atomic E-state index is 12.8. The van der Waals surface area contributed by atoms with E-state index in [1.165, 1.54) is 24.3 Å². The number of nitrogen functional groups attached to an aromatic ring is 1. The van der Waals surface area contributed by atoms with E-state index in [2.05, 4.69) is 20.3 Å². The van der Waals surface area contributed by atoms with Crippen LogP contribution in [-0.2, 0) is 24.0 Å². The zero-order valence-electron chi connectivity index (χ0n) is 17.4. The number of amides is 2. The minimum absolute atomic E-state index is 0.0299. The molecule has 0 unspecified atom stereocenters. The molecule has 4 N–H and O–H groups in total. The number of methoxy groups -OCH3 is 1. The highest BCUT2D eigenvalue weighted by Crippen LogP contribution is 2.40. The summed E-state index contributed by atoms with van der Waals surface area (Å²) >= 11 is 2.26. The number of β-lactam (4-membered cyclic amide) rings is 1. The summed E-state index contributed by atoms with van der Waals surface area (Å²) in [6.45, 7) is 0.0523. The molecular formula is C15H17N5O6S2. The number of anilines is 1. The van der Waals surface area contributed by atoms with Crippen molar-refractivity contribution >= 4 is 51.7 Å². The number of carboxylic acid groups (broad SMARTS) is 1. The molecule has 13 heteroatoms. The van der Waals surface area contributed by atoms with Gasteiger partial charge in [-0.1, -0.05) is 5.16 Å². The van der Waals surface area contributed by atoms with E-state index in [-0.39, 0.29) is 23.1 Å². The third-order valence-electron chi connectivity index (χ3n) is 3.97. The van der Waals surface area contributed by atoms with E-state index >= 15 is 0 Å². The monoisotopic (exact) mass is 430 g/mol. The lowest BCUT2D eigenvalue weighted by atomic mass is 10.0. The van der Waals surface area contributed by atoms with E-state index in [9.17, 15) is 19.5 Å². The molecule has 0 aliphatic carbocycles. The minimum atomic E-state index is -2.91. The summed E-state index contributed by atoms with van der Waals surface area (Å²) in [5.41, 5.74) is 5.32. The second-order valence-corrected chi connectivity index (χ2v) is 7.65. The molecule has 1 aromatic rings. The molecule has 28 heavy (non-hydrogen) atoms. The van der Waals surface area contributed by atoms with E-state index in [4.69, 9.17) is 14.6 Å². The molecule has 11 nitrogen and oxygen atoms in total. The van der Waals surface area contributed by atoms with Gasteiger partial charge in [0.1, 0.15) is 29.8 Å². The Bertz CT molecular complexity index is 979. The van der Waals surface area contributed by atoms with Crippen LogP contribution in [0.5, 0.6) is 0 Å². The summed E-state index contributed by atoms with van der Waals surface area (Å²) < 4.78 is 26.3. The van der Waals surface area contributed by atoms with Crippen LogP contribution in [0.3, 0.4) is 0 Å². The summed E-state index contributed by atoms with van der Waals surface area (Å²) in [4.78, 5) is 46.4. The van der Waals surface area contributed by atoms with Crippen molar-refractivity contribution in [2.75, 3.05) is 32.2 Å². The highest BCUT2D eigenvalue weighted by atomic mass is 32.2. The average molecular weight is 430 g/mol. The number of carbonyl (C=O) groups excluding carboxylic acids is 2. The molecule has 0 saturated carbocycles. The number of thiazole rings is 1. The number of nitrogens with zero attached hydrogens (tertiary/aromatic N) is 3. The Morgan fingerprint density at radius 1 is 1.61 bits per heavy atom. The van der Waals surface area contributed by atoms with E-state index in [0.29, 0.717) is 11.3 Å². The number of nitrogens with one attached hydrogen (secondary N) is 1. The molecule has 150 valence electrons. The summed E-state index contributed by atoms with van der Waals surface area (Å²) in [6.07, 6.45) is 0. The molecule has 2 atom stereocenters. The van der Waals surface area contributed by atoms with Gasteiger partial charge >= 0.3 is 5.97 Å². The maximum Gasteiger partial charge on any atom is 0.352 e. The molecule has 0 radical (unpaired) electrons. The molecule has 2 aliphatic rings. The van der Waals surface area contributed by atoms with Crippen LogP contribution in [0.1, 0.15) is 9.81 Å². The van der Waals surface area contributed by atoms with Crippen LogP contribution in [0.4, 0.5) is 5.13 Å². The van der Waals surface area contributed by atoms with Gasteiger partial charge in [0.15, 0.2) is 10.8 Å². The van der Waals surface area contributed by atoms with Gasteiger partial charge in [-0.05, 0) is 5.57 Å². The van der Waals surface area contributed by atoms with E-state index < -0.39 is 41.9 Å². The number of oxime groups is 1. The lowest BCUT2D eigenvalue weighted by Gasteiger charge is -2.49. The topological polar surface area (TPSA) is 156 Å². The Kier molecular flexibility index (Phi) is 4.76. The van der Waals surface area contributed by atoms with Crippen molar-refractivity contribution in [2.45, 2.75) is 11.4 Å². The van der Waals surface area contributed by atoms with Crippen molar-refractivity contribution in [3.05, 3.63) is 22.3 Å². The number of aromatic nitrogens is 1. The SMILES string of the molecule is [2H]C([2H])([2H])O/N=C(\C(=O)N[C@@H]1C(=O)N2C(C(=O)O)=C(COC)CS[C@H]12)c1csc(N)n1. The van der Waals surface area contributed by atoms with E-state index in [1.54, 1.807) is 0 Å². The normalized spacial score (nSPS) is 23.9. The number of aliphatic carboxylic acids is 1. The van der Waals surface area contributed by atoms with Crippen LogP contribution in [-0.4, -0.2) is 76.4 Å². The third-order valence-corrected chi connectivity index (χ3v) is 5.99. The van der Waals surface area contributed by atoms with Crippen molar-refractivity contribution < 1.29 is 33.2 Å². The van der Waals surface area contributed by atoms with Crippen LogP contribution in [0.25, 0.3) is 0 Å². The molecular weight excluding hydrogens is 410 g/mol. The zero-order chi connectivity index (χ0) is 22.9. The number of carbonyl (C=O) groups is 3. The highest BCUT2D eigenvalue weighted by molar-refractivity contribution is 8.00. The molecule has 0 aromatic carbocycles. The van der Waals surface area contributed by atoms with Gasteiger partial charge in [0, 0.05) is 18.2 Å². The first-order valence-corrected chi connectivity index (χ1v) is 9.63. The van der Waals surface area contributed by atoms with Gasteiger partial charge in [-0.15, -0.1) is 23.1 Å². The number of ether oxygens (including phenoxy) is 1. The van der Waals surface area contributed by atoms with Gasteiger partial charge in [0.2, 0.25) is 0 Å². The van der Waals surface area contributed by atoms with Crippen molar-refractivity contribution in [2.24, 2.45) is 5.16 Å². The van der Waals surface area contributed by atoms with Crippen LogP contribution in [0.2, 0.25) is 0 Å². The molecule has 2 aliphatic heterocycles. The number of thioether (sulfide) groups is 1. The Morgan fingerprint density at radius 2 is 2.39 bits per heavy atom. The fourth-order valence-electron chi connectivity index (χ4n) is 2.82. The van der Waals surface area contributed by atoms with E-state index in [1.807, 2.05) is 0 Å². The molecule has 0 bridgehead atoms. The minimum Gasteiger partial charge on any atom is -0.477 e. The average Bonchev–Trinajstić information content (AvgIpc) is 3.10. The molecule has 2 amide bonds. The van der Waals surface area contributed by atoms with Gasteiger partial charge in [-0.2, -0.15) is 0 Å². The van der Waals surface area contributed by atoms with Crippen LogP contribution >= 0.6 is 23.1 Å². The highest BCUT2D eigenvalue weighted by Gasteiger charge is 2.54. The van der Waals surface area contributed by atoms with Crippen LogP contribution in [0, 0.1) is 0 Å². The molecule has 1 aromatic heterocycles. The van der Waals surface area contributed by atoms with Crippen molar-refractivity contribution in [1.82, 2.24) is 15.2 Å². The third kappa shape index (κ3) is 3.55. The van der Waals surface area contributed by atoms with Crippen molar-refractivity contribution in [3.63, 3.8) is 0 Å². The summed E-state index contributed by atoms with van der Waals surface area (Å²) in [5, 5.41) is 16.2. The lowest BCUT2D eigenvalue weighted by Crippen LogP contribution is -2.71. The number of fused-ring (bicyclic) bond motifs is 1. The quantitative estimate of drug-likeness (QED) is 0.294. The first-order chi connectivity index (χ1) is 14.5. The second kappa shape index (κ2) is 8.16. The Labute approximate surface area is 171 Å². The molecule has 1 saturated heterocycles. The van der Waals surface area contributed by atoms with Crippen LogP contribution in [0.15, 0.2) is 21.8 Å². The zero-order valence-corrected chi connectivity index (χ0v) is 16.0. The predicted molar refractivity (Wildman–Crippen MR) is 102 cm³/mol. The standard InChI is InChI=1S/C15H17N5O6S2/c1-25-3-6-4-27-13-9(12(22)20(13)10(6)14(23)24)18-11(21)8(19-26-2)7-5-28-15(16)17-7/h5,9,13H,3-4H2,1-2H3,(H2,16,17)(H,18,21)(H,23,24)/b19-8-/t9-,13-/m1/s1/i2D3. The smallest absolute Gasteiger partial charge is 0.352 e. The fourth-order valence-corrected chi connectivity index (χ4v) is 4.70. The van der Waals surface area contributed by atoms with Gasteiger partial charge in [0.05, 0.1) is 10.7 Å². The summed E-state index contributed by atoms with van der Waals surface area (Å²) in [6, 6.07) is -1.05. The predicted octanol–water partition coefficient (Wildman–Crippen LogP) is -0.539. The Morgan fingerprint density at radius 3 is 3.00 bits per heavy atom. The van der Waals surface area contributed by atoms with Gasteiger partial charge in [-0.25, -0.2) is 9.78 Å². The molecule has 1 fully saturated rings.